The molecule has 150 valence electrons. The smallest absolute Gasteiger partial charge is 0.286 e. The average Bonchev–Trinajstić information content (AvgIpc) is 3.21. The maximum absolute atomic E-state index is 12.4. The van der Waals surface area contributed by atoms with Crippen LogP contribution in [-0.2, 0) is 6.61 Å². The molecule has 29 heavy (non-hydrogen) atoms. The van der Waals surface area contributed by atoms with Crippen molar-refractivity contribution >= 4 is 28.8 Å². The number of ether oxygens (including phenoxy) is 1. The van der Waals surface area contributed by atoms with Crippen LogP contribution in [0.5, 0.6) is 5.75 Å². The molecule has 0 saturated carbocycles. The van der Waals surface area contributed by atoms with Gasteiger partial charge in [0.25, 0.3) is 11.8 Å². The van der Waals surface area contributed by atoms with Crippen molar-refractivity contribution in [1.29, 1.82) is 0 Å². The Morgan fingerprint density at radius 3 is 2.41 bits per heavy atom. The van der Waals surface area contributed by atoms with E-state index in [1.54, 1.807) is 24.3 Å². The van der Waals surface area contributed by atoms with Gasteiger partial charge >= 0.3 is 0 Å². The van der Waals surface area contributed by atoms with E-state index in [2.05, 4.69) is 20.8 Å². The van der Waals surface area contributed by atoms with Gasteiger partial charge in [-0.2, -0.15) is 0 Å². The lowest BCUT2D eigenvalue weighted by Gasteiger charge is -2.06. The van der Waals surface area contributed by atoms with E-state index in [0.29, 0.717) is 22.8 Å². The highest BCUT2D eigenvalue weighted by molar-refractivity contribution is 7.13. The number of hydrogen-bond acceptors (Lipinski definition) is 6. The zero-order chi connectivity index (χ0) is 20.6. The van der Waals surface area contributed by atoms with Gasteiger partial charge in [0.15, 0.2) is 5.01 Å². The van der Waals surface area contributed by atoms with Crippen LogP contribution in [0, 0.1) is 6.92 Å². The molecule has 0 fully saturated rings. The first kappa shape index (κ1) is 20.5. The van der Waals surface area contributed by atoms with Gasteiger partial charge in [0.05, 0.1) is 0 Å². The van der Waals surface area contributed by atoms with E-state index in [1.165, 1.54) is 11.3 Å². The molecule has 2 N–H and O–H groups in total. The number of carbonyl (C=O) groups excluding carboxylic acids is 2. The van der Waals surface area contributed by atoms with Crippen molar-refractivity contribution in [2.24, 2.45) is 0 Å². The van der Waals surface area contributed by atoms with Crippen molar-refractivity contribution in [3.63, 3.8) is 0 Å². The van der Waals surface area contributed by atoms with E-state index in [4.69, 9.17) is 4.74 Å². The Labute approximate surface area is 173 Å². The second-order valence-corrected chi connectivity index (χ2v) is 7.45. The van der Waals surface area contributed by atoms with E-state index < -0.39 is 0 Å². The number of amides is 2. The standard InChI is InChI=1S/C21H22N4O3S/c1-3-12-22-19(26)15-6-8-16(9-7-15)23-20(27)21-25-24-18(29-21)13-28-17-10-4-14(2)5-11-17/h4-11H,3,12-13H2,1-2H3,(H,22,26)(H,23,27). The number of benzene rings is 2. The van der Waals surface area contributed by atoms with E-state index >= 15 is 0 Å². The van der Waals surface area contributed by atoms with E-state index in [9.17, 15) is 9.59 Å². The molecule has 2 amide bonds. The number of nitrogens with one attached hydrogen (secondary N) is 2. The number of hydrogen-bond donors (Lipinski definition) is 2. The van der Waals surface area contributed by atoms with Gasteiger partial charge in [-0.25, -0.2) is 0 Å². The first-order valence-electron chi connectivity index (χ1n) is 9.26. The second kappa shape index (κ2) is 9.79. The van der Waals surface area contributed by atoms with Crippen LogP contribution < -0.4 is 15.4 Å². The maximum atomic E-state index is 12.4. The van der Waals surface area contributed by atoms with Crippen molar-refractivity contribution in [2.75, 3.05) is 11.9 Å². The van der Waals surface area contributed by atoms with Gasteiger partial charge in [0.1, 0.15) is 12.4 Å². The fraction of sp³-hybridized carbons (Fsp3) is 0.238. The van der Waals surface area contributed by atoms with Gasteiger partial charge < -0.3 is 15.4 Å². The maximum Gasteiger partial charge on any atom is 0.286 e. The van der Waals surface area contributed by atoms with Gasteiger partial charge in [-0.1, -0.05) is 36.0 Å². The fourth-order valence-corrected chi connectivity index (χ4v) is 3.06. The van der Waals surface area contributed by atoms with E-state index in [1.807, 2.05) is 38.1 Å². The molecule has 3 aromatic rings. The summed E-state index contributed by atoms with van der Waals surface area (Å²) < 4.78 is 5.66. The molecule has 0 unspecified atom stereocenters. The van der Waals surface area contributed by atoms with Gasteiger partial charge in [-0.15, -0.1) is 10.2 Å². The molecular weight excluding hydrogens is 388 g/mol. The Hall–Kier alpha value is -3.26. The summed E-state index contributed by atoms with van der Waals surface area (Å²) >= 11 is 1.18. The van der Waals surface area contributed by atoms with Crippen LogP contribution >= 0.6 is 11.3 Å². The van der Waals surface area contributed by atoms with E-state index in [0.717, 1.165) is 17.7 Å². The normalized spacial score (nSPS) is 10.4. The van der Waals surface area contributed by atoms with Crippen LogP contribution in [0.2, 0.25) is 0 Å². The minimum absolute atomic E-state index is 0.132. The highest BCUT2D eigenvalue weighted by atomic mass is 32.1. The third kappa shape index (κ3) is 5.86. The largest absolute Gasteiger partial charge is 0.486 e. The van der Waals surface area contributed by atoms with Crippen LogP contribution in [-0.4, -0.2) is 28.6 Å². The second-order valence-electron chi connectivity index (χ2n) is 6.39. The summed E-state index contributed by atoms with van der Waals surface area (Å²) in [5.41, 5.74) is 2.28. The topological polar surface area (TPSA) is 93.2 Å². The fourth-order valence-electron chi connectivity index (χ4n) is 2.41. The van der Waals surface area contributed by atoms with Gasteiger partial charge in [0.2, 0.25) is 5.01 Å². The van der Waals surface area contributed by atoms with Crippen molar-refractivity contribution in [1.82, 2.24) is 15.5 Å². The molecule has 0 aliphatic heterocycles. The summed E-state index contributed by atoms with van der Waals surface area (Å²) in [6.07, 6.45) is 0.875. The van der Waals surface area contributed by atoms with Gasteiger partial charge in [0, 0.05) is 17.8 Å². The molecule has 0 aliphatic carbocycles. The lowest BCUT2D eigenvalue weighted by atomic mass is 10.2. The summed E-state index contributed by atoms with van der Waals surface area (Å²) in [4.78, 5) is 24.3. The first-order valence-corrected chi connectivity index (χ1v) is 10.1. The van der Waals surface area contributed by atoms with Crippen molar-refractivity contribution < 1.29 is 14.3 Å². The minimum atomic E-state index is -0.354. The molecule has 1 aromatic heterocycles. The van der Waals surface area contributed by atoms with Crippen LogP contribution in [0.3, 0.4) is 0 Å². The molecule has 8 heteroatoms. The quantitative estimate of drug-likeness (QED) is 0.589. The number of rotatable bonds is 8. The molecule has 2 aromatic carbocycles. The molecule has 0 bridgehead atoms. The molecule has 0 spiro atoms. The monoisotopic (exact) mass is 410 g/mol. The average molecular weight is 410 g/mol. The summed E-state index contributed by atoms with van der Waals surface area (Å²) in [7, 11) is 0. The third-order valence-electron chi connectivity index (χ3n) is 3.98. The molecule has 0 radical (unpaired) electrons. The number of aromatic nitrogens is 2. The van der Waals surface area contributed by atoms with Gasteiger partial charge in [-0.3, -0.25) is 9.59 Å². The Kier molecular flexibility index (Phi) is 6.91. The predicted molar refractivity (Wildman–Crippen MR) is 112 cm³/mol. The predicted octanol–water partition coefficient (Wildman–Crippen LogP) is 3.82. The van der Waals surface area contributed by atoms with Crippen molar-refractivity contribution in [3.05, 3.63) is 69.7 Å². The molecular formula is C21H22N4O3S. The number of nitrogens with zero attached hydrogens (tertiary/aromatic N) is 2. The van der Waals surface area contributed by atoms with Crippen molar-refractivity contribution in [2.45, 2.75) is 26.9 Å². The molecule has 0 atom stereocenters. The van der Waals surface area contributed by atoms with Crippen LogP contribution in [0.15, 0.2) is 48.5 Å². The molecule has 7 nitrogen and oxygen atoms in total. The first-order chi connectivity index (χ1) is 14.0. The zero-order valence-electron chi connectivity index (χ0n) is 16.3. The highest BCUT2D eigenvalue weighted by Gasteiger charge is 2.14. The summed E-state index contributed by atoms with van der Waals surface area (Å²) in [6, 6.07) is 14.4. The molecule has 3 rings (SSSR count). The van der Waals surface area contributed by atoms with Crippen molar-refractivity contribution in [3.8, 4) is 5.75 Å². The Morgan fingerprint density at radius 1 is 1.00 bits per heavy atom. The number of carbonyl (C=O) groups is 2. The summed E-state index contributed by atoms with van der Waals surface area (Å²) in [5.74, 6) is 0.249. The van der Waals surface area contributed by atoms with Crippen LogP contribution in [0.25, 0.3) is 0 Å². The SMILES string of the molecule is CCCNC(=O)c1ccc(NC(=O)c2nnc(COc3ccc(C)cc3)s2)cc1. The molecule has 1 heterocycles. The Bertz CT molecular complexity index is 968. The van der Waals surface area contributed by atoms with E-state index in [-0.39, 0.29) is 23.4 Å². The third-order valence-corrected chi connectivity index (χ3v) is 4.88. The lowest BCUT2D eigenvalue weighted by molar-refractivity contribution is 0.0953. The Morgan fingerprint density at radius 2 is 1.72 bits per heavy atom. The van der Waals surface area contributed by atoms with Crippen LogP contribution in [0.4, 0.5) is 5.69 Å². The zero-order valence-corrected chi connectivity index (χ0v) is 17.1. The lowest BCUT2D eigenvalue weighted by Crippen LogP contribution is -2.23. The summed E-state index contributed by atoms with van der Waals surface area (Å²) in [5, 5.41) is 14.4. The molecule has 0 aliphatic rings. The highest BCUT2D eigenvalue weighted by Crippen LogP contribution is 2.17. The van der Waals surface area contributed by atoms with Gasteiger partial charge in [-0.05, 0) is 49.7 Å². The Balaban J connectivity index is 1.54. The summed E-state index contributed by atoms with van der Waals surface area (Å²) in [6.45, 7) is 4.88. The number of aryl methyl sites for hydroxylation is 1. The van der Waals surface area contributed by atoms with Crippen LogP contribution in [0.1, 0.15) is 44.1 Å². The minimum Gasteiger partial charge on any atom is -0.486 e. The number of anilines is 1. The molecule has 0 saturated heterocycles.